The summed E-state index contributed by atoms with van der Waals surface area (Å²) in [7, 11) is 3.29. The van der Waals surface area contributed by atoms with Crippen molar-refractivity contribution in [2.75, 3.05) is 26.1 Å². The van der Waals surface area contributed by atoms with Crippen LogP contribution in [0.3, 0.4) is 0 Å². The molecule has 0 aliphatic heterocycles. The molecule has 0 saturated heterocycles. The first-order chi connectivity index (χ1) is 15.0. The number of ether oxygens (including phenoxy) is 2. The molecule has 0 aromatic heterocycles. The van der Waals surface area contributed by atoms with Crippen LogP contribution >= 0.6 is 0 Å². The van der Waals surface area contributed by atoms with Crippen molar-refractivity contribution >= 4 is 17.5 Å². The monoisotopic (exact) mass is 418 g/mol. The van der Waals surface area contributed by atoms with Crippen molar-refractivity contribution < 1.29 is 19.1 Å². The van der Waals surface area contributed by atoms with E-state index in [1.165, 1.54) is 0 Å². The predicted molar refractivity (Wildman–Crippen MR) is 121 cm³/mol. The van der Waals surface area contributed by atoms with Gasteiger partial charge in [0.1, 0.15) is 0 Å². The van der Waals surface area contributed by atoms with Gasteiger partial charge >= 0.3 is 0 Å². The molecule has 2 amide bonds. The second-order valence-electron chi connectivity index (χ2n) is 7.18. The van der Waals surface area contributed by atoms with Crippen LogP contribution in [0.4, 0.5) is 5.69 Å². The molecule has 0 aliphatic carbocycles. The Bertz CT molecular complexity index is 1050. The summed E-state index contributed by atoms with van der Waals surface area (Å²) in [6.07, 6.45) is 0. The molecule has 0 spiro atoms. The van der Waals surface area contributed by atoms with Crippen molar-refractivity contribution in [3.05, 3.63) is 89.5 Å². The van der Waals surface area contributed by atoms with E-state index in [9.17, 15) is 9.59 Å². The third-order valence-electron chi connectivity index (χ3n) is 4.72. The number of rotatable bonds is 8. The number of carbonyl (C=O) groups is 2. The third-order valence-corrected chi connectivity index (χ3v) is 4.72. The summed E-state index contributed by atoms with van der Waals surface area (Å²) in [6.45, 7) is 2.21. The van der Waals surface area contributed by atoms with Crippen LogP contribution in [-0.4, -0.2) is 37.5 Å². The van der Waals surface area contributed by atoms with Gasteiger partial charge in [-0.15, -0.1) is 0 Å². The molecule has 6 heteroatoms. The maximum absolute atomic E-state index is 13.0. The molecule has 0 unspecified atom stereocenters. The lowest BCUT2D eigenvalue weighted by Crippen LogP contribution is -2.28. The fourth-order valence-electron chi connectivity index (χ4n) is 3.14. The zero-order valence-electron chi connectivity index (χ0n) is 17.9. The molecular weight excluding hydrogens is 392 g/mol. The Hall–Kier alpha value is -3.80. The van der Waals surface area contributed by atoms with Gasteiger partial charge in [0.15, 0.2) is 18.1 Å². The lowest BCUT2D eigenvalue weighted by Gasteiger charge is -2.19. The summed E-state index contributed by atoms with van der Waals surface area (Å²) < 4.78 is 10.9. The maximum atomic E-state index is 13.0. The van der Waals surface area contributed by atoms with Gasteiger partial charge in [-0.25, -0.2) is 0 Å². The normalized spacial score (nSPS) is 10.3. The Morgan fingerprint density at radius 1 is 0.935 bits per heavy atom. The van der Waals surface area contributed by atoms with E-state index in [0.29, 0.717) is 29.3 Å². The third kappa shape index (κ3) is 5.85. The van der Waals surface area contributed by atoms with Crippen molar-refractivity contribution in [3.63, 3.8) is 0 Å². The number of amides is 2. The predicted octanol–water partition coefficient (Wildman–Crippen LogP) is 4.29. The topological polar surface area (TPSA) is 67.9 Å². The molecule has 160 valence electrons. The van der Waals surface area contributed by atoms with E-state index in [1.807, 2.05) is 49.4 Å². The molecule has 0 bridgehead atoms. The van der Waals surface area contributed by atoms with Gasteiger partial charge in [0.25, 0.3) is 11.8 Å². The van der Waals surface area contributed by atoms with Crippen molar-refractivity contribution in [1.82, 2.24) is 4.90 Å². The molecule has 0 atom stereocenters. The van der Waals surface area contributed by atoms with Gasteiger partial charge in [-0.3, -0.25) is 9.59 Å². The molecule has 6 nitrogen and oxygen atoms in total. The highest BCUT2D eigenvalue weighted by Gasteiger charge is 2.17. The molecule has 1 N–H and O–H groups in total. The van der Waals surface area contributed by atoms with Crippen LogP contribution in [0.25, 0.3) is 0 Å². The Balaban J connectivity index is 1.66. The second-order valence-corrected chi connectivity index (χ2v) is 7.18. The molecule has 31 heavy (non-hydrogen) atoms. The first-order valence-corrected chi connectivity index (χ1v) is 9.93. The average molecular weight is 418 g/mol. The van der Waals surface area contributed by atoms with E-state index in [4.69, 9.17) is 9.47 Å². The number of methoxy groups -OCH3 is 1. The largest absolute Gasteiger partial charge is 0.493 e. The number of anilines is 1. The fraction of sp³-hybridized carbons (Fsp3) is 0.200. The Morgan fingerprint density at radius 2 is 1.65 bits per heavy atom. The van der Waals surface area contributed by atoms with E-state index in [1.54, 1.807) is 49.4 Å². The smallest absolute Gasteiger partial charge is 0.262 e. The molecule has 3 aromatic rings. The zero-order valence-corrected chi connectivity index (χ0v) is 17.9. The van der Waals surface area contributed by atoms with Crippen molar-refractivity contribution in [3.8, 4) is 11.5 Å². The van der Waals surface area contributed by atoms with E-state index in [-0.39, 0.29) is 18.4 Å². The summed E-state index contributed by atoms with van der Waals surface area (Å²) >= 11 is 0. The number of carbonyl (C=O) groups excluding carboxylic acids is 2. The minimum absolute atomic E-state index is 0.180. The first-order valence-electron chi connectivity index (χ1n) is 9.93. The summed E-state index contributed by atoms with van der Waals surface area (Å²) in [5.74, 6) is 0.496. The summed E-state index contributed by atoms with van der Waals surface area (Å²) in [5, 5.41) is 2.78. The fourth-order valence-corrected chi connectivity index (χ4v) is 3.14. The number of nitrogens with zero attached hydrogens (tertiary/aromatic N) is 1. The summed E-state index contributed by atoms with van der Waals surface area (Å²) in [4.78, 5) is 27.1. The molecule has 3 aromatic carbocycles. The first kappa shape index (κ1) is 21.9. The van der Waals surface area contributed by atoms with Gasteiger partial charge in [-0.2, -0.15) is 0 Å². The average Bonchev–Trinajstić information content (AvgIpc) is 2.78. The molecule has 0 saturated carbocycles. The number of nitrogens with one attached hydrogen (secondary N) is 1. The van der Waals surface area contributed by atoms with E-state index < -0.39 is 0 Å². The summed E-state index contributed by atoms with van der Waals surface area (Å²) in [5.41, 5.74) is 2.92. The Kier molecular flexibility index (Phi) is 7.27. The highest BCUT2D eigenvalue weighted by Crippen LogP contribution is 2.27. The van der Waals surface area contributed by atoms with Crippen molar-refractivity contribution in [2.24, 2.45) is 0 Å². The van der Waals surface area contributed by atoms with Gasteiger partial charge in [0.05, 0.1) is 18.4 Å². The van der Waals surface area contributed by atoms with Crippen LogP contribution in [0.2, 0.25) is 0 Å². The van der Waals surface area contributed by atoms with Gasteiger partial charge in [0, 0.05) is 13.6 Å². The highest BCUT2D eigenvalue weighted by atomic mass is 16.5. The Labute approximate surface area is 182 Å². The van der Waals surface area contributed by atoms with Crippen LogP contribution in [0.15, 0.2) is 72.8 Å². The molecular formula is C25H26N2O4. The SMILES string of the molecule is COc1cc(C)ccc1OCC(=O)Nc1ccccc1C(=O)N(C)Cc1ccccc1. The van der Waals surface area contributed by atoms with E-state index >= 15 is 0 Å². The van der Waals surface area contributed by atoms with Gasteiger partial charge < -0.3 is 19.7 Å². The lowest BCUT2D eigenvalue weighted by atomic mass is 10.1. The standard InChI is InChI=1S/C25H26N2O4/c1-18-13-14-22(23(15-18)30-3)31-17-24(28)26-21-12-8-7-11-20(21)25(29)27(2)16-19-9-5-4-6-10-19/h4-15H,16-17H2,1-3H3,(H,26,28). The zero-order chi connectivity index (χ0) is 22.2. The number of aryl methyl sites for hydroxylation is 1. The molecule has 0 radical (unpaired) electrons. The maximum Gasteiger partial charge on any atom is 0.262 e. The number of para-hydroxylation sites is 1. The number of hydrogen-bond donors (Lipinski definition) is 1. The lowest BCUT2D eigenvalue weighted by molar-refractivity contribution is -0.118. The summed E-state index contributed by atoms with van der Waals surface area (Å²) in [6, 6.07) is 22.2. The molecule has 3 rings (SSSR count). The van der Waals surface area contributed by atoms with Crippen LogP contribution in [0.1, 0.15) is 21.5 Å². The van der Waals surface area contributed by atoms with Gasteiger partial charge in [-0.05, 0) is 42.3 Å². The molecule has 0 fully saturated rings. The molecule has 0 aliphatic rings. The van der Waals surface area contributed by atoms with E-state index in [2.05, 4.69) is 5.32 Å². The quantitative estimate of drug-likeness (QED) is 0.593. The minimum atomic E-state index is -0.367. The van der Waals surface area contributed by atoms with Crippen LogP contribution in [-0.2, 0) is 11.3 Å². The number of benzene rings is 3. The van der Waals surface area contributed by atoms with Crippen LogP contribution in [0.5, 0.6) is 11.5 Å². The minimum Gasteiger partial charge on any atom is -0.493 e. The van der Waals surface area contributed by atoms with Crippen molar-refractivity contribution in [2.45, 2.75) is 13.5 Å². The van der Waals surface area contributed by atoms with E-state index in [0.717, 1.165) is 11.1 Å². The second kappa shape index (κ2) is 10.3. The molecule has 0 heterocycles. The van der Waals surface area contributed by atoms with Crippen LogP contribution in [0, 0.1) is 6.92 Å². The van der Waals surface area contributed by atoms with Gasteiger partial charge in [-0.1, -0.05) is 48.5 Å². The van der Waals surface area contributed by atoms with Crippen LogP contribution < -0.4 is 14.8 Å². The Morgan fingerprint density at radius 3 is 2.39 bits per heavy atom. The van der Waals surface area contributed by atoms with Gasteiger partial charge in [0.2, 0.25) is 0 Å². The number of hydrogen-bond acceptors (Lipinski definition) is 4. The van der Waals surface area contributed by atoms with Crippen molar-refractivity contribution in [1.29, 1.82) is 0 Å². The highest BCUT2D eigenvalue weighted by molar-refractivity contribution is 6.03.